The summed E-state index contributed by atoms with van der Waals surface area (Å²) in [7, 11) is 5.98. The molecule has 40 heavy (non-hydrogen) atoms. The van der Waals surface area contributed by atoms with Gasteiger partial charge in [0.1, 0.15) is 5.69 Å². The van der Waals surface area contributed by atoms with E-state index in [1.807, 2.05) is 0 Å². The van der Waals surface area contributed by atoms with Crippen LogP contribution in [0.15, 0.2) is 43.0 Å². The number of carboxylic acids is 1. The number of carbonyl (C=O) groups excluding carboxylic acids is 3. The standard InChI is InChI=1S/C27H31BN6O6/c1-28(40)30-19-10-21(33(4)15-19)24(36)11-18-14-34(5)26(29-18)25(37)9-16-6-20(31(2)12-16)23(35)8-17-7-22(27(38)39)32(3)13-17/h6-7,10,12-15,30,40H,8-9,11H2,1-5H3,(H,38,39). The van der Waals surface area contributed by atoms with Gasteiger partial charge in [0.15, 0.2) is 17.4 Å². The predicted octanol–water partition coefficient (Wildman–Crippen LogP) is 1.93. The lowest BCUT2D eigenvalue weighted by Crippen LogP contribution is -2.18. The van der Waals surface area contributed by atoms with E-state index >= 15 is 0 Å². The second-order valence-corrected chi connectivity index (χ2v) is 10.0. The lowest BCUT2D eigenvalue weighted by Gasteiger charge is -2.00. The fourth-order valence-electron chi connectivity index (χ4n) is 4.78. The first-order chi connectivity index (χ1) is 18.8. The van der Waals surface area contributed by atoms with Gasteiger partial charge in [-0.1, -0.05) is 0 Å². The molecule has 0 aliphatic heterocycles. The molecule has 0 atom stereocenters. The molecule has 0 amide bonds. The molecule has 0 bridgehead atoms. The Morgan fingerprint density at radius 2 is 1.27 bits per heavy atom. The number of anilines is 1. The van der Waals surface area contributed by atoms with Crippen molar-refractivity contribution in [1.29, 1.82) is 0 Å². The Morgan fingerprint density at radius 3 is 1.88 bits per heavy atom. The third-order valence-electron chi connectivity index (χ3n) is 6.54. The fraction of sp³-hybridized carbons (Fsp3) is 0.296. The summed E-state index contributed by atoms with van der Waals surface area (Å²) in [5, 5.41) is 21.6. The third-order valence-corrected chi connectivity index (χ3v) is 6.54. The number of Topliss-reactive ketones (excluding diaryl/α,β-unsaturated/α-hetero) is 3. The Labute approximate surface area is 231 Å². The molecule has 0 fully saturated rings. The average Bonchev–Trinajstić information content (AvgIpc) is 3.59. The minimum absolute atomic E-state index is 0.000156. The highest BCUT2D eigenvalue weighted by atomic mass is 16.4. The highest BCUT2D eigenvalue weighted by Gasteiger charge is 2.21. The Kier molecular flexibility index (Phi) is 7.96. The van der Waals surface area contributed by atoms with Crippen molar-refractivity contribution in [1.82, 2.24) is 23.3 Å². The average molecular weight is 546 g/mol. The van der Waals surface area contributed by atoms with Gasteiger partial charge >= 0.3 is 13.0 Å². The van der Waals surface area contributed by atoms with Crippen LogP contribution in [0.1, 0.15) is 58.9 Å². The molecule has 208 valence electrons. The van der Waals surface area contributed by atoms with Gasteiger partial charge in [-0.3, -0.25) is 14.4 Å². The van der Waals surface area contributed by atoms with Crippen molar-refractivity contribution in [2.24, 2.45) is 28.2 Å². The van der Waals surface area contributed by atoms with Crippen molar-refractivity contribution >= 4 is 36.1 Å². The summed E-state index contributed by atoms with van der Waals surface area (Å²) in [4.78, 5) is 54.6. The van der Waals surface area contributed by atoms with Crippen molar-refractivity contribution in [2.45, 2.75) is 26.1 Å². The van der Waals surface area contributed by atoms with Crippen LogP contribution >= 0.6 is 0 Å². The number of imidazole rings is 1. The first-order valence-corrected chi connectivity index (χ1v) is 12.6. The van der Waals surface area contributed by atoms with Crippen molar-refractivity contribution in [3.8, 4) is 0 Å². The summed E-state index contributed by atoms with van der Waals surface area (Å²) in [5.41, 5.74) is 3.24. The smallest absolute Gasteiger partial charge is 0.406 e. The van der Waals surface area contributed by atoms with Gasteiger partial charge < -0.3 is 33.6 Å². The molecule has 0 aromatic carbocycles. The van der Waals surface area contributed by atoms with E-state index in [1.54, 1.807) is 85.6 Å². The lowest BCUT2D eigenvalue weighted by molar-refractivity contribution is 0.0685. The molecule has 12 nitrogen and oxygen atoms in total. The lowest BCUT2D eigenvalue weighted by atomic mass is 9.89. The van der Waals surface area contributed by atoms with Crippen LogP contribution in [0.5, 0.6) is 0 Å². The van der Waals surface area contributed by atoms with Crippen molar-refractivity contribution in [3.05, 3.63) is 82.7 Å². The quantitative estimate of drug-likeness (QED) is 0.180. The number of nitrogens with one attached hydrogen (secondary N) is 1. The van der Waals surface area contributed by atoms with Gasteiger partial charge in [-0.15, -0.1) is 0 Å². The fourth-order valence-corrected chi connectivity index (χ4v) is 4.78. The summed E-state index contributed by atoms with van der Waals surface area (Å²) in [6, 6.07) is 4.78. The molecule has 0 unspecified atom stereocenters. The van der Waals surface area contributed by atoms with Gasteiger partial charge in [-0.05, 0) is 36.1 Å². The topological polar surface area (TPSA) is 153 Å². The maximum atomic E-state index is 13.1. The maximum absolute atomic E-state index is 13.1. The first-order valence-electron chi connectivity index (χ1n) is 12.6. The number of hydrogen-bond donors (Lipinski definition) is 3. The van der Waals surface area contributed by atoms with Gasteiger partial charge in [-0.25, -0.2) is 9.78 Å². The van der Waals surface area contributed by atoms with Crippen LogP contribution < -0.4 is 5.23 Å². The van der Waals surface area contributed by atoms with E-state index < -0.39 is 13.0 Å². The third kappa shape index (κ3) is 6.15. The van der Waals surface area contributed by atoms with Crippen LogP contribution in [0.2, 0.25) is 6.82 Å². The molecule has 0 saturated heterocycles. The molecule has 0 aliphatic rings. The summed E-state index contributed by atoms with van der Waals surface area (Å²) >= 11 is 0. The van der Waals surface area contributed by atoms with E-state index in [0.717, 1.165) is 0 Å². The predicted molar refractivity (Wildman–Crippen MR) is 148 cm³/mol. The molecule has 4 rings (SSSR count). The normalized spacial score (nSPS) is 11.1. The monoisotopic (exact) mass is 546 g/mol. The first kappa shape index (κ1) is 28.4. The number of hydrogen-bond acceptors (Lipinski definition) is 7. The zero-order chi connectivity index (χ0) is 29.3. The van der Waals surface area contributed by atoms with Gasteiger partial charge in [0.2, 0.25) is 5.78 Å². The Bertz CT molecular complexity index is 1620. The second-order valence-electron chi connectivity index (χ2n) is 10.0. The molecule has 4 aromatic rings. The minimum Gasteiger partial charge on any atom is -0.477 e. The molecule has 13 heteroatoms. The highest BCUT2D eigenvalue weighted by Crippen LogP contribution is 2.18. The molecule has 0 radical (unpaired) electrons. The van der Waals surface area contributed by atoms with Crippen LogP contribution in [0.3, 0.4) is 0 Å². The molecule has 3 N–H and O–H groups in total. The van der Waals surface area contributed by atoms with E-state index in [1.165, 1.54) is 10.6 Å². The molecule has 0 saturated carbocycles. The number of aromatic nitrogens is 5. The largest absolute Gasteiger partial charge is 0.477 e. The number of nitrogens with zero attached hydrogens (tertiary/aromatic N) is 5. The van der Waals surface area contributed by atoms with Gasteiger partial charge in [0, 0.05) is 71.5 Å². The summed E-state index contributed by atoms with van der Waals surface area (Å²) < 4.78 is 6.36. The van der Waals surface area contributed by atoms with Crippen LogP contribution in [-0.2, 0) is 47.5 Å². The van der Waals surface area contributed by atoms with E-state index in [-0.39, 0.29) is 48.1 Å². The molecule has 0 aliphatic carbocycles. The number of rotatable bonds is 12. The zero-order valence-electron chi connectivity index (χ0n) is 23.0. The summed E-state index contributed by atoms with van der Waals surface area (Å²) in [6.45, 7) is 1.58. The van der Waals surface area contributed by atoms with Crippen LogP contribution in [0.4, 0.5) is 5.69 Å². The van der Waals surface area contributed by atoms with Crippen LogP contribution in [-0.4, -0.2) is 63.8 Å². The van der Waals surface area contributed by atoms with Gasteiger partial charge in [0.05, 0.1) is 23.5 Å². The van der Waals surface area contributed by atoms with E-state index in [4.69, 9.17) is 0 Å². The summed E-state index contributed by atoms with van der Waals surface area (Å²) in [6.07, 6.45) is 6.72. The van der Waals surface area contributed by atoms with Gasteiger partial charge in [0.25, 0.3) is 0 Å². The van der Waals surface area contributed by atoms with Crippen LogP contribution in [0.25, 0.3) is 0 Å². The second kappa shape index (κ2) is 11.2. The SMILES string of the molecule is CB(O)Nc1cc(C(=O)Cc2cn(C)c(C(=O)Cc3cc(C(=O)Cc4cc(C(=O)O)n(C)c4)n(C)c3)n2)n(C)c1. The summed E-state index contributed by atoms with van der Waals surface area (Å²) in [5.74, 6) is -1.51. The maximum Gasteiger partial charge on any atom is 0.406 e. The van der Waals surface area contributed by atoms with Crippen molar-refractivity contribution in [3.63, 3.8) is 0 Å². The zero-order valence-corrected chi connectivity index (χ0v) is 23.0. The van der Waals surface area contributed by atoms with Crippen molar-refractivity contribution < 1.29 is 29.3 Å². The molecule has 4 aromatic heterocycles. The minimum atomic E-state index is -1.07. The van der Waals surface area contributed by atoms with Crippen LogP contribution in [0, 0.1) is 0 Å². The molecule has 0 spiro atoms. The Morgan fingerprint density at radius 1 is 0.750 bits per heavy atom. The Balaban J connectivity index is 1.43. The number of carboxylic acid groups (broad SMARTS) is 1. The van der Waals surface area contributed by atoms with E-state index in [0.29, 0.717) is 33.9 Å². The van der Waals surface area contributed by atoms with E-state index in [2.05, 4.69) is 10.2 Å². The highest BCUT2D eigenvalue weighted by molar-refractivity contribution is 6.52. The van der Waals surface area contributed by atoms with Gasteiger partial charge in [-0.2, -0.15) is 0 Å². The molecular formula is C27H31BN6O6. The molecular weight excluding hydrogens is 515 g/mol. The number of ketones is 3. The van der Waals surface area contributed by atoms with E-state index in [9.17, 15) is 29.3 Å². The molecule has 4 heterocycles. The number of carbonyl (C=O) groups is 4. The Hall–Kier alpha value is -4.65. The number of aryl methyl sites for hydroxylation is 4. The number of aromatic carboxylic acids is 1. The van der Waals surface area contributed by atoms with Crippen molar-refractivity contribution in [2.75, 3.05) is 5.23 Å².